The molecule has 16 heavy (non-hydrogen) atoms. The van der Waals surface area contributed by atoms with Gasteiger partial charge in [-0.05, 0) is 12.1 Å². The number of non-ortho nitro benzene ring substituents is 1. The fourth-order valence-corrected chi connectivity index (χ4v) is 1.36. The Morgan fingerprint density at radius 2 is 2.12 bits per heavy atom. The molecule has 0 unspecified atom stereocenters. The smallest absolute Gasteiger partial charge is 0.270 e. The van der Waals surface area contributed by atoms with Crippen molar-refractivity contribution in [2.24, 2.45) is 0 Å². The Hall–Kier alpha value is -2.43. The summed E-state index contributed by atoms with van der Waals surface area (Å²) in [7, 11) is 0. The molecule has 0 aliphatic rings. The van der Waals surface area contributed by atoms with E-state index < -0.39 is 4.92 Å². The van der Waals surface area contributed by atoms with Crippen LogP contribution in [0.25, 0.3) is 11.3 Å². The topological polar surface area (TPSA) is 80.1 Å². The van der Waals surface area contributed by atoms with Gasteiger partial charge in [0.1, 0.15) is 11.5 Å². The summed E-state index contributed by atoms with van der Waals surface area (Å²) in [5.41, 5.74) is 0.646. The molecule has 0 aliphatic carbocycles. The number of rotatable bonds is 3. The molecular weight excluding hydrogens is 208 g/mol. The first-order valence-electron chi connectivity index (χ1n) is 4.56. The lowest BCUT2D eigenvalue weighted by Crippen LogP contribution is -1.87. The third kappa shape index (κ3) is 1.83. The molecule has 5 nitrogen and oxygen atoms in total. The molecule has 0 atom stereocenters. The molecular formula is C11H8N2O3. The molecule has 0 fully saturated rings. The van der Waals surface area contributed by atoms with Crippen LogP contribution in [0.1, 0.15) is 5.76 Å². The van der Waals surface area contributed by atoms with E-state index in [-0.39, 0.29) is 5.69 Å². The Morgan fingerprint density at radius 1 is 1.31 bits per heavy atom. The zero-order valence-electron chi connectivity index (χ0n) is 8.21. The Balaban J connectivity index is 2.43. The minimum Gasteiger partial charge on any atom is -0.455 e. The van der Waals surface area contributed by atoms with Crippen molar-refractivity contribution in [3.05, 3.63) is 52.3 Å². The van der Waals surface area contributed by atoms with Gasteiger partial charge in [-0.1, -0.05) is 12.1 Å². The second kappa shape index (κ2) is 3.98. The van der Waals surface area contributed by atoms with Crippen LogP contribution in [0.5, 0.6) is 0 Å². The molecule has 80 valence electrons. The number of nitrogens with one attached hydrogen (secondary N) is 1. The van der Waals surface area contributed by atoms with Gasteiger partial charge in [-0.3, -0.25) is 10.1 Å². The average molecular weight is 216 g/mol. The van der Waals surface area contributed by atoms with Gasteiger partial charge in [0, 0.05) is 17.7 Å². The number of nitrogens with zero attached hydrogens (tertiary/aromatic N) is 1. The van der Waals surface area contributed by atoms with E-state index in [1.54, 1.807) is 24.3 Å². The molecule has 0 bridgehead atoms. The van der Waals surface area contributed by atoms with Gasteiger partial charge in [0.2, 0.25) is 0 Å². The molecule has 0 saturated carbocycles. The number of hydrogen-bond acceptors (Lipinski definition) is 4. The molecule has 0 saturated heterocycles. The first kappa shape index (κ1) is 10.1. The highest BCUT2D eigenvalue weighted by atomic mass is 16.6. The van der Waals surface area contributed by atoms with Crippen LogP contribution in [0.15, 0.2) is 40.8 Å². The van der Waals surface area contributed by atoms with Crippen LogP contribution < -0.4 is 0 Å². The molecule has 0 aliphatic heterocycles. The summed E-state index contributed by atoms with van der Waals surface area (Å²) in [4.78, 5) is 10.1. The van der Waals surface area contributed by atoms with Crippen LogP contribution in [-0.2, 0) is 0 Å². The molecule has 2 rings (SSSR count). The van der Waals surface area contributed by atoms with Gasteiger partial charge in [-0.25, -0.2) is 0 Å². The fourth-order valence-electron chi connectivity index (χ4n) is 1.36. The van der Waals surface area contributed by atoms with E-state index in [1.807, 2.05) is 0 Å². The minimum absolute atomic E-state index is 0.0188. The Bertz CT molecular complexity index is 546. The lowest BCUT2D eigenvalue weighted by Gasteiger charge is -1.96. The Morgan fingerprint density at radius 3 is 2.75 bits per heavy atom. The van der Waals surface area contributed by atoms with Crippen molar-refractivity contribution in [1.29, 1.82) is 5.41 Å². The molecule has 0 amide bonds. The molecule has 1 N–H and O–H groups in total. The molecule has 0 spiro atoms. The fraction of sp³-hybridized carbons (Fsp3) is 0. The van der Waals surface area contributed by atoms with Crippen LogP contribution >= 0.6 is 0 Å². The predicted octanol–water partition coefficient (Wildman–Crippen LogP) is 2.85. The van der Waals surface area contributed by atoms with Gasteiger partial charge < -0.3 is 9.83 Å². The van der Waals surface area contributed by atoms with E-state index in [4.69, 9.17) is 9.83 Å². The summed E-state index contributed by atoms with van der Waals surface area (Å²) in [6.07, 6.45) is 1.08. The van der Waals surface area contributed by atoms with Crippen molar-refractivity contribution in [3.63, 3.8) is 0 Å². The molecule has 1 heterocycles. The van der Waals surface area contributed by atoms with Gasteiger partial charge in [-0.2, -0.15) is 0 Å². The molecule has 1 aromatic heterocycles. The van der Waals surface area contributed by atoms with E-state index in [1.165, 1.54) is 12.1 Å². The summed E-state index contributed by atoms with van der Waals surface area (Å²) in [6, 6.07) is 9.50. The number of furan rings is 1. The summed E-state index contributed by atoms with van der Waals surface area (Å²) < 4.78 is 5.29. The highest BCUT2D eigenvalue weighted by Gasteiger charge is 2.09. The highest BCUT2D eigenvalue weighted by Crippen LogP contribution is 2.25. The van der Waals surface area contributed by atoms with Crippen molar-refractivity contribution in [2.45, 2.75) is 0 Å². The van der Waals surface area contributed by atoms with Crippen molar-refractivity contribution in [2.75, 3.05) is 0 Å². The molecule has 0 radical (unpaired) electrons. The van der Waals surface area contributed by atoms with E-state index in [2.05, 4.69) is 0 Å². The quantitative estimate of drug-likeness (QED) is 0.486. The maximum atomic E-state index is 10.6. The summed E-state index contributed by atoms with van der Waals surface area (Å²) in [5, 5.41) is 17.6. The monoisotopic (exact) mass is 216 g/mol. The largest absolute Gasteiger partial charge is 0.455 e. The SMILES string of the molecule is N=Cc1ccc(-c2cccc([N+](=O)[O-])c2)o1. The molecule has 2 aromatic rings. The average Bonchev–Trinajstić information content (AvgIpc) is 2.77. The van der Waals surface area contributed by atoms with E-state index in [9.17, 15) is 10.1 Å². The van der Waals surface area contributed by atoms with Crippen molar-refractivity contribution >= 4 is 11.9 Å². The predicted molar refractivity (Wildman–Crippen MR) is 58.7 cm³/mol. The van der Waals surface area contributed by atoms with Crippen molar-refractivity contribution < 1.29 is 9.34 Å². The number of hydrogen-bond donors (Lipinski definition) is 1. The van der Waals surface area contributed by atoms with Gasteiger partial charge in [0.25, 0.3) is 5.69 Å². The first-order chi connectivity index (χ1) is 7.70. The normalized spacial score (nSPS) is 10.0. The Labute approximate surface area is 91.0 Å². The third-order valence-electron chi connectivity index (χ3n) is 2.11. The molecule has 5 heteroatoms. The van der Waals surface area contributed by atoms with E-state index in [0.717, 1.165) is 6.21 Å². The van der Waals surface area contributed by atoms with Crippen LogP contribution in [-0.4, -0.2) is 11.1 Å². The number of nitro benzene ring substituents is 1. The minimum atomic E-state index is -0.454. The van der Waals surface area contributed by atoms with Crippen molar-refractivity contribution in [1.82, 2.24) is 0 Å². The summed E-state index contributed by atoms with van der Waals surface area (Å²) >= 11 is 0. The molecule has 1 aromatic carbocycles. The number of nitro groups is 1. The van der Waals surface area contributed by atoms with E-state index >= 15 is 0 Å². The first-order valence-corrected chi connectivity index (χ1v) is 4.56. The van der Waals surface area contributed by atoms with Crippen LogP contribution in [0.3, 0.4) is 0 Å². The van der Waals surface area contributed by atoms with Gasteiger partial charge in [0.05, 0.1) is 11.1 Å². The summed E-state index contributed by atoms with van der Waals surface area (Å²) in [6.45, 7) is 0. The van der Waals surface area contributed by atoms with Gasteiger partial charge in [-0.15, -0.1) is 0 Å². The zero-order valence-corrected chi connectivity index (χ0v) is 8.21. The zero-order chi connectivity index (χ0) is 11.5. The summed E-state index contributed by atoms with van der Waals surface area (Å²) in [5.74, 6) is 0.934. The highest BCUT2D eigenvalue weighted by molar-refractivity contribution is 5.75. The maximum absolute atomic E-state index is 10.6. The van der Waals surface area contributed by atoms with Gasteiger partial charge >= 0.3 is 0 Å². The maximum Gasteiger partial charge on any atom is 0.270 e. The lowest BCUT2D eigenvalue weighted by atomic mass is 10.1. The second-order valence-electron chi connectivity index (χ2n) is 3.15. The lowest BCUT2D eigenvalue weighted by molar-refractivity contribution is -0.384. The van der Waals surface area contributed by atoms with Crippen LogP contribution in [0, 0.1) is 15.5 Å². The van der Waals surface area contributed by atoms with Crippen LogP contribution in [0.4, 0.5) is 5.69 Å². The third-order valence-corrected chi connectivity index (χ3v) is 2.11. The standard InChI is InChI=1S/C11H8N2O3/c12-7-10-4-5-11(16-10)8-2-1-3-9(6-8)13(14)15/h1-7,12H. The van der Waals surface area contributed by atoms with Gasteiger partial charge in [0.15, 0.2) is 0 Å². The van der Waals surface area contributed by atoms with E-state index in [0.29, 0.717) is 17.1 Å². The Kier molecular flexibility index (Phi) is 2.51. The van der Waals surface area contributed by atoms with Crippen LogP contribution in [0.2, 0.25) is 0 Å². The van der Waals surface area contributed by atoms with Crippen molar-refractivity contribution in [3.8, 4) is 11.3 Å². The second-order valence-corrected chi connectivity index (χ2v) is 3.15. The number of benzene rings is 1.